The molecule has 1 aliphatic rings. The van der Waals surface area contributed by atoms with E-state index in [1.165, 1.54) is 0 Å². The summed E-state index contributed by atoms with van der Waals surface area (Å²) in [5.74, 6) is 0. The molecule has 0 saturated heterocycles. The Labute approximate surface area is 93.5 Å². The Morgan fingerprint density at radius 3 is 2.93 bits per heavy atom. The minimum absolute atomic E-state index is 0.384. The summed E-state index contributed by atoms with van der Waals surface area (Å²) >= 11 is 5.87. The van der Waals surface area contributed by atoms with Gasteiger partial charge in [0.15, 0.2) is 0 Å². The number of carbonyl (C=O) groups excluding carboxylic acids is 1. The van der Waals surface area contributed by atoms with Gasteiger partial charge in [0.25, 0.3) is 0 Å². The molecule has 0 unspecified atom stereocenters. The van der Waals surface area contributed by atoms with E-state index in [1.54, 1.807) is 5.06 Å². The summed E-state index contributed by atoms with van der Waals surface area (Å²) in [7, 11) is 0. The Kier molecular flexibility index (Phi) is 3.23. The summed E-state index contributed by atoms with van der Waals surface area (Å²) in [6, 6.07) is 7.95. The van der Waals surface area contributed by atoms with Crippen LogP contribution in [0.2, 0.25) is 5.02 Å². The molecule has 0 amide bonds. The van der Waals surface area contributed by atoms with Crippen molar-refractivity contribution < 1.29 is 9.63 Å². The Morgan fingerprint density at radius 1 is 1.53 bits per heavy atom. The lowest BCUT2D eigenvalue weighted by Gasteiger charge is -2.18. The Balaban J connectivity index is 2.01. The van der Waals surface area contributed by atoms with Crippen LogP contribution in [0.1, 0.15) is 18.4 Å². The van der Waals surface area contributed by atoms with Crippen molar-refractivity contribution in [3.05, 3.63) is 34.9 Å². The first-order valence-corrected chi connectivity index (χ1v) is 5.29. The van der Waals surface area contributed by atoms with Crippen LogP contribution in [-0.4, -0.2) is 17.6 Å². The fourth-order valence-corrected chi connectivity index (χ4v) is 1.70. The maximum atomic E-state index is 10.3. The van der Waals surface area contributed by atoms with E-state index in [0.29, 0.717) is 24.1 Å². The van der Waals surface area contributed by atoms with E-state index in [0.717, 1.165) is 18.4 Å². The van der Waals surface area contributed by atoms with Crippen molar-refractivity contribution >= 4 is 18.1 Å². The molecule has 1 aliphatic carbocycles. The predicted molar refractivity (Wildman–Crippen MR) is 57.2 cm³/mol. The second-order valence-corrected chi connectivity index (χ2v) is 4.07. The summed E-state index contributed by atoms with van der Waals surface area (Å²) < 4.78 is 0. The minimum Gasteiger partial charge on any atom is -0.370 e. The Morgan fingerprint density at radius 2 is 2.33 bits per heavy atom. The maximum Gasteiger partial charge on any atom is 0.313 e. The van der Waals surface area contributed by atoms with E-state index in [9.17, 15) is 4.79 Å². The highest BCUT2D eigenvalue weighted by Gasteiger charge is 2.30. The standard InChI is InChI=1S/C11H12ClNO2/c12-10-3-1-2-9(6-10)7-13(15-8-14)11-4-5-11/h1-3,6,8,11H,4-5,7H2. The first-order valence-electron chi connectivity index (χ1n) is 4.91. The first kappa shape index (κ1) is 10.5. The topological polar surface area (TPSA) is 29.5 Å². The number of carbonyl (C=O) groups is 1. The van der Waals surface area contributed by atoms with E-state index in [-0.39, 0.29) is 0 Å². The van der Waals surface area contributed by atoms with Gasteiger partial charge in [-0.15, -0.1) is 5.06 Å². The van der Waals surface area contributed by atoms with Crippen molar-refractivity contribution in [1.29, 1.82) is 0 Å². The van der Waals surface area contributed by atoms with E-state index in [2.05, 4.69) is 0 Å². The third-order valence-electron chi connectivity index (χ3n) is 2.36. The highest BCUT2D eigenvalue weighted by Crippen LogP contribution is 2.28. The van der Waals surface area contributed by atoms with Crippen molar-refractivity contribution in [2.24, 2.45) is 0 Å². The molecular weight excluding hydrogens is 214 g/mol. The third kappa shape index (κ3) is 2.94. The molecule has 4 heteroatoms. The predicted octanol–water partition coefficient (Wildman–Crippen LogP) is 2.39. The van der Waals surface area contributed by atoms with Gasteiger partial charge >= 0.3 is 6.47 Å². The van der Waals surface area contributed by atoms with Crippen molar-refractivity contribution in [1.82, 2.24) is 5.06 Å². The Bertz CT molecular complexity index is 352. The molecule has 0 radical (unpaired) electrons. The largest absolute Gasteiger partial charge is 0.370 e. The number of rotatable bonds is 5. The average molecular weight is 226 g/mol. The van der Waals surface area contributed by atoms with Gasteiger partial charge < -0.3 is 4.84 Å². The fraction of sp³-hybridized carbons (Fsp3) is 0.364. The summed E-state index contributed by atoms with van der Waals surface area (Å²) in [4.78, 5) is 15.2. The van der Waals surface area contributed by atoms with Gasteiger partial charge in [-0.3, -0.25) is 4.79 Å². The van der Waals surface area contributed by atoms with Crippen LogP contribution >= 0.6 is 11.6 Å². The van der Waals surface area contributed by atoms with Crippen LogP contribution < -0.4 is 0 Å². The van der Waals surface area contributed by atoms with Crippen LogP contribution in [0, 0.1) is 0 Å². The zero-order valence-corrected chi connectivity index (χ0v) is 8.98. The van der Waals surface area contributed by atoms with Crippen LogP contribution in [-0.2, 0) is 16.2 Å². The van der Waals surface area contributed by atoms with Crippen molar-refractivity contribution in [3.8, 4) is 0 Å². The van der Waals surface area contributed by atoms with Crippen LogP contribution in [0.25, 0.3) is 0 Å². The molecule has 0 atom stereocenters. The van der Waals surface area contributed by atoms with E-state index in [4.69, 9.17) is 16.4 Å². The third-order valence-corrected chi connectivity index (χ3v) is 2.60. The molecule has 0 spiro atoms. The van der Waals surface area contributed by atoms with E-state index < -0.39 is 0 Å². The highest BCUT2D eigenvalue weighted by atomic mass is 35.5. The smallest absolute Gasteiger partial charge is 0.313 e. The molecule has 3 nitrogen and oxygen atoms in total. The Hall–Kier alpha value is -1.06. The lowest BCUT2D eigenvalue weighted by atomic mass is 10.2. The summed E-state index contributed by atoms with van der Waals surface area (Å²) in [6.07, 6.45) is 2.18. The lowest BCUT2D eigenvalue weighted by Crippen LogP contribution is -2.25. The number of benzene rings is 1. The molecule has 0 heterocycles. The van der Waals surface area contributed by atoms with Gasteiger partial charge in [0, 0.05) is 11.1 Å². The molecule has 0 aromatic heterocycles. The number of hydroxylamine groups is 2. The normalized spacial score (nSPS) is 15.3. The minimum atomic E-state index is 0.384. The highest BCUT2D eigenvalue weighted by molar-refractivity contribution is 6.30. The van der Waals surface area contributed by atoms with Gasteiger partial charge in [0.2, 0.25) is 0 Å². The molecule has 1 fully saturated rings. The van der Waals surface area contributed by atoms with Crippen molar-refractivity contribution in [2.75, 3.05) is 0 Å². The monoisotopic (exact) mass is 225 g/mol. The zero-order valence-electron chi connectivity index (χ0n) is 8.23. The summed E-state index contributed by atoms with van der Waals surface area (Å²) in [6.45, 7) is 1.08. The molecule has 0 bridgehead atoms. The number of nitrogens with zero attached hydrogens (tertiary/aromatic N) is 1. The second-order valence-electron chi connectivity index (χ2n) is 3.64. The van der Waals surface area contributed by atoms with Crippen LogP contribution in [0.15, 0.2) is 24.3 Å². The number of hydrogen-bond donors (Lipinski definition) is 0. The average Bonchev–Trinajstić information content (AvgIpc) is 3.00. The molecule has 80 valence electrons. The van der Waals surface area contributed by atoms with Gasteiger partial charge in [0.05, 0.1) is 6.54 Å². The van der Waals surface area contributed by atoms with Gasteiger partial charge in [-0.25, -0.2) is 0 Å². The van der Waals surface area contributed by atoms with E-state index in [1.807, 2.05) is 24.3 Å². The van der Waals surface area contributed by atoms with Gasteiger partial charge in [0.1, 0.15) is 0 Å². The molecular formula is C11H12ClNO2. The molecule has 2 rings (SSSR count). The summed E-state index contributed by atoms with van der Waals surface area (Å²) in [5.41, 5.74) is 1.05. The molecule has 1 aromatic carbocycles. The molecule has 15 heavy (non-hydrogen) atoms. The summed E-state index contributed by atoms with van der Waals surface area (Å²) in [5, 5.41) is 2.41. The molecule has 0 N–H and O–H groups in total. The van der Waals surface area contributed by atoms with Gasteiger partial charge in [-0.05, 0) is 30.5 Å². The maximum absolute atomic E-state index is 10.3. The van der Waals surface area contributed by atoms with Gasteiger partial charge in [-0.2, -0.15) is 0 Å². The zero-order chi connectivity index (χ0) is 10.7. The SMILES string of the molecule is O=CON(Cc1cccc(Cl)c1)C1CC1. The van der Waals surface area contributed by atoms with E-state index >= 15 is 0 Å². The molecule has 1 saturated carbocycles. The lowest BCUT2D eigenvalue weighted by molar-refractivity contribution is -0.180. The second kappa shape index (κ2) is 4.64. The molecule has 1 aromatic rings. The van der Waals surface area contributed by atoms with Crippen molar-refractivity contribution in [2.45, 2.75) is 25.4 Å². The van der Waals surface area contributed by atoms with Crippen LogP contribution in [0.4, 0.5) is 0 Å². The van der Waals surface area contributed by atoms with Crippen LogP contribution in [0.5, 0.6) is 0 Å². The number of hydrogen-bond acceptors (Lipinski definition) is 3. The van der Waals surface area contributed by atoms with Crippen molar-refractivity contribution in [3.63, 3.8) is 0 Å². The fourth-order valence-electron chi connectivity index (χ4n) is 1.49. The van der Waals surface area contributed by atoms with Gasteiger partial charge in [-0.1, -0.05) is 23.7 Å². The quantitative estimate of drug-likeness (QED) is 0.569. The first-order chi connectivity index (χ1) is 7.29. The molecule has 0 aliphatic heterocycles. The number of halogens is 1. The van der Waals surface area contributed by atoms with Crippen LogP contribution in [0.3, 0.4) is 0 Å².